The van der Waals surface area contributed by atoms with Crippen LogP contribution in [0.25, 0.3) is 0 Å². The molecule has 2 N–H and O–H groups in total. The summed E-state index contributed by atoms with van der Waals surface area (Å²) in [6, 6.07) is 9.94. The molecule has 20 heavy (non-hydrogen) atoms. The Kier molecular flexibility index (Phi) is 5.43. The molecular weight excluding hydrogens is 254 g/mol. The van der Waals surface area contributed by atoms with Gasteiger partial charge in [-0.2, -0.15) is 0 Å². The van der Waals surface area contributed by atoms with Gasteiger partial charge in [0.25, 0.3) is 0 Å². The molecule has 1 aromatic carbocycles. The van der Waals surface area contributed by atoms with Gasteiger partial charge in [0.15, 0.2) is 0 Å². The van der Waals surface area contributed by atoms with Crippen LogP contribution in [0.3, 0.4) is 0 Å². The monoisotopic (exact) mass is 275 g/mol. The molecule has 0 radical (unpaired) electrons. The number of aromatic nitrogens is 2. The first kappa shape index (κ1) is 14.4. The predicted molar refractivity (Wildman–Crippen MR) is 78.1 cm³/mol. The fourth-order valence-electron chi connectivity index (χ4n) is 1.79. The highest BCUT2D eigenvalue weighted by molar-refractivity contribution is 5.28. The Morgan fingerprint density at radius 1 is 1.20 bits per heavy atom. The van der Waals surface area contributed by atoms with E-state index in [1.165, 1.54) is 5.56 Å². The van der Waals surface area contributed by atoms with E-state index >= 15 is 0 Å². The van der Waals surface area contributed by atoms with E-state index < -0.39 is 0 Å². The summed E-state index contributed by atoms with van der Waals surface area (Å²) in [4.78, 5) is 0. The average Bonchev–Trinajstić information content (AvgIpc) is 2.87. The van der Waals surface area contributed by atoms with Gasteiger partial charge in [0.1, 0.15) is 19.0 Å². The smallest absolute Gasteiger partial charge is 0.232 e. The molecule has 0 fully saturated rings. The van der Waals surface area contributed by atoms with Gasteiger partial charge in [0, 0.05) is 18.3 Å². The van der Waals surface area contributed by atoms with Crippen LogP contribution < -0.4 is 14.8 Å². The van der Waals surface area contributed by atoms with Gasteiger partial charge in [-0.3, -0.25) is 5.10 Å². The van der Waals surface area contributed by atoms with Crippen LogP contribution in [0.15, 0.2) is 30.3 Å². The average molecular weight is 275 g/mol. The van der Waals surface area contributed by atoms with Crippen LogP contribution in [0.1, 0.15) is 18.2 Å². The molecule has 1 heterocycles. The fraction of sp³-hybridized carbons (Fsp3) is 0.400. The van der Waals surface area contributed by atoms with Gasteiger partial charge < -0.3 is 14.8 Å². The first-order chi connectivity index (χ1) is 9.78. The number of ether oxygens (including phenoxy) is 2. The molecule has 5 heteroatoms. The lowest BCUT2D eigenvalue weighted by Gasteiger charge is -2.08. The topological polar surface area (TPSA) is 59.2 Å². The first-order valence-electron chi connectivity index (χ1n) is 6.85. The molecule has 2 rings (SSSR count). The Hall–Kier alpha value is -2.01. The van der Waals surface area contributed by atoms with Crippen molar-refractivity contribution < 1.29 is 9.47 Å². The Bertz CT molecular complexity index is 525. The third-order valence-electron chi connectivity index (χ3n) is 2.76. The number of nitrogens with one attached hydrogen (secondary N) is 2. The van der Waals surface area contributed by atoms with Crippen molar-refractivity contribution in [1.29, 1.82) is 0 Å². The number of nitrogens with zero attached hydrogens (tertiary/aromatic N) is 1. The van der Waals surface area contributed by atoms with E-state index in [2.05, 4.69) is 28.5 Å². The zero-order chi connectivity index (χ0) is 14.2. The first-order valence-corrected chi connectivity index (χ1v) is 6.85. The number of aryl methyl sites for hydroxylation is 1. The van der Waals surface area contributed by atoms with Crippen molar-refractivity contribution in [2.24, 2.45) is 0 Å². The Morgan fingerprint density at radius 3 is 2.80 bits per heavy atom. The quantitative estimate of drug-likeness (QED) is 0.726. The maximum atomic E-state index is 5.66. The molecular formula is C15H21N3O2. The number of aromatic amines is 1. The van der Waals surface area contributed by atoms with E-state index in [9.17, 15) is 0 Å². The van der Waals surface area contributed by atoms with Crippen molar-refractivity contribution >= 4 is 0 Å². The predicted octanol–water partition coefficient (Wildman–Crippen LogP) is 2.29. The molecule has 0 bridgehead atoms. The lowest BCUT2D eigenvalue weighted by Crippen LogP contribution is -2.12. The minimum atomic E-state index is 0.474. The van der Waals surface area contributed by atoms with E-state index in [1.54, 1.807) is 0 Å². The van der Waals surface area contributed by atoms with Crippen LogP contribution in [0, 0.1) is 6.92 Å². The van der Waals surface area contributed by atoms with E-state index in [4.69, 9.17) is 9.47 Å². The molecule has 1 aromatic heterocycles. The van der Waals surface area contributed by atoms with Crippen molar-refractivity contribution in [1.82, 2.24) is 15.5 Å². The van der Waals surface area contributed by atoms with Crippen molar-refractivity contribution in [2.75, 3.05) is 19.8 Å². The summed E-state index contributed by atoms with van der Waals surface area (Å²) in [5.74, 6) is 1.47. The number of hydrogen-bond donors (Lipinski definition) is 2. The van der Waals surface area contributed by atoms with Crippen molar-refractivity contribution in [2.45, 2.75) is 20.4 Å². The molecule has 0 spiro atoms. The van der Waals surface area contributed by atoms with Gasteiger partial charge >= 0.3 is 0 Å². The third-order valence-corrected chi connectivity index (χ3v) is 2.76. The molecule has 2 aromatic rings. The minimum absolute atomic E-state index is 0.474. The Labute approximate surface area is 119 Å². The minimum Gasteiger partial charge on any atom is -0.490 e. The standard InChI is InChI=1S/C15H21N3O2/c1-3-16-11-13-5-4-6-14(10-13)19-7-8-20-15-9-12(2)17-18-15/h4-6,9-10,16H,3,7-8,11H2,1-2H3,(H,17,18). The molecule has 0 unspecified atom stereocenters. The Morgan fingerprint density at radius 2 is 2.05 bits per heavy atom. The maximum absolute atomic E-state index is 5.66. The largest absolute Gasteiger partial charge is 0.490 e. The summed E-state index contributed by atoms with van der Waals surface area (Å²) in [5, 5.41) is 10.1. The molecule has 0 amide bonds. The van der Waals surface area contributed by atoms with E-state index in [1.807, 2.05) is 31.2 Å². The maximum Gasteiger partial charge on any atom is 0.232 e. The third kappa shape index (κ3) is 4.59. The number of rotatable bonds is 8. The molecule has 0 saturated heterocycles. The summed E-state index contributed by atoms with van der Waals surface area (Å²) in [7, 11) is 0. The van der Waals surface area contributed by atoms with E-state index in [0.717, 1.165) is 24.5 Å². The summed E-state index contributed by atoms with van der Waals surface area (Å²) >= 11 is 0. The Balaban J connectivity index is 1.73. The number of H-pyrrole nitrogens is 1. The highest BCUT2D eigenvalue weighted by Gasteiger charge is 2.00. The van der Waals surface area contributed by atoms with Gasteiger partial charge in [-0.25, -0.2) is 0 Å². The normalized spacial score (nSPS) is 10.5. The van der Waals surface area contributed by atoms with Crippen LogP contribution in [-0.4, -0.2) is 30.0 Å². The lowest BCUT2D eigenvalue weighted by molar-refractivity contribution is 0.211. The summed E-state index contributed by atoms with van der Waals surface area (Å²) in [6.45, 7) is 6.82. The van der Waals surface area contributed by atoms with Gasteiger partial charge in [0.2, 0.25) is 5.88 Å². The number of benzene rings is 1. The molecule has 5 nitrogen and oxygen atoms in total. The van der Waals surface area contributed by atoms with Crippen LogP contribution >= 0.6 is 0 Å². The van der Waals surface area contributed by atoms with Crippen molar-refractivity contribution in [3.63, 3.8) is 0 Å². The molecule has 0 aliphatic heterocycles. The second kappa shape index (κ2) is 7.55. The highest BCUT2D eigenvalue weighted by Crippen LogP contribution is 2.13. The molecule has 0 atom stereocenters. The second-order valence-electron chi connectivity index (χ2n) is 4.51. The number of hydrogen-bond acceptors (Lipinski definition) is 4. The van der Waals surface area contributed by atoms with E-state index in [0.29, 0.717) is 19.1 Å². The molecule has 108 valence electrons. The van der Waals surface area contributed by atoms with Crippen LogP contribution in [0.4, 0.5) is 0 Å². The van der Waals surface area contributed by atoms with Gasteiger partial charge in [-0.15, -0.1) is 5.10 Å². The van der Waals surface area contributed by atoms with Crippen LogP contribution in [-0.2, 0) is 6.54 Å². The SMILES string of the molecule is CCNCc1cccc(OCCOc2cc(C)[nH]n2)c1. The van der Waals surface area contributed by atoms with Gasteiger partial charge in [-0.1, -0.05) is 19.1 Å². The summed E-state index contributed by atoms with van der Waals surface area (Å²) in [5.41, 5.74) is 2.20. The van der Waals surface area contributed by atoms with Gasteiger partial charge in [-0.05, 0) is 31.2 Å². The zero-order valence-corrected chi connectivity index (χ0v) is 12.0. The van der Waals surface area contributed by atoms with Crippen LogP contribution in [0.5, 0.6) is 11.6 Å². The van der Waals surface area contributed by atoms with Crippen molar-refractivity contribution in [3.05, 3.63) is 41.6 Å². The fourth-order valence-corrected chi connectivity index (χ4v) is 1.79. The van der Waals surface area contributed by atoms with E-state index in [-0.39, 0.29) is 0 Å². The highest BCUT2D eigenvalue weighted by atomic mass is 16.5. The summed E-state index contributed by atoms with van der Waals surface area (Å²) < 4.78 is 11.1. The summed E-state index contributed by atoms with van der Waals surface area (Å²) in [6.07, 6.45) is 0. The molecule has 0 saturated carbocycles. The van der Waals surface area contributed by atoms with Crippen LogP contribution in [0.2, 0.25) is 0 Å². The lowest BCUT2D eigenvalue weighted by atomic mass is 10.2. The van der Waals surface area contributed by atoms with Gasteiger partial charge in [0.05, 0.1) is 0 Å². The molecule has 0 aliphatic rings. The second-order valence-corrected chi connectivity index (χ2v) is 4.51. The van der Waals surface area contributed by atoms with Crippen molar-refractivity contribution in [3.8, 4) is 11.6 Å². The molecule has 0 aliphatic carbocycles. The zero-order valence-electron chi connectivity index (χ0n) is 12.0.